The first kappa shape index (κ1) is 112. The van der Waals surface area contributed by atoms with Crippen molar-refractivity contribution >= 4 is 48.1 Å². The molecule has 4 atom stereocenters. The third-order valence-corrected chi connectivity index (χ3v) is 9.38. The molecule has 0 spiro atoms. The van der Waals surface area contributed by atoms with Gasteiger partial charge in [0.05, 0.1) is 43.5 Å². The van der Waals surface area contributed by atoms with Gasteiger partial charge in [0.2, 0.25) is 0 Å². The number of alkyl halides is 1. The zero-order valence-electron chi connectivity index (χ0n) is 51.1. The first-order valence-electron chi connectivity index (χ1n) is 25.6. The minimum absolute atomic E-state index is 0. The molecule has 1 fully saturated rings. The molecular formula is C54H103ClNa3O23Rh-. The Labute approximate surface area is 574 Å². The van der Waals surface area contributed by atoms with E-state index in [1.807, 2.05) is 6.92 Å². The van der Waals surface area contributed by atoms with Crippen LogP contribution in [0.5, 0.6) is 0 Å². The molecule has 2 aromatic rings. The molecule has 28 heteroatoms. The van der Waals surface area contributed by atoms with Crippen LogP contribution in [0.25, 0.3) is 0 Å². The van der Waals surface area contributed by atoms with Crippen molar-refractivity contribution in [2.24, 2.45) is 0 Å². The minimum atomic E-state index is -1.08. The number of unbranched alkanes of at least 4 members (excludes halogenated alkanes) is 10. The topological polar surface area (TPSA) is 426 Å². The van der Waals surface area contributed by atoms with Gasteiger partial charge in [-0.05, 0) is 102 Å². The third kappa shape index (κ3) is 104. The van der Waals surface area contributed by atoms with Gasteiger partial charge in [-0.3, -0.25) is 19.2 Å². The van der Waals surface area contributed by atoms with Gasteiger partial charge in [-0.15, -0.1) is 11.6 Å². The van der Waals surface area contributed by atoms with Gasteiger partial charge in [-0.25, -0.2) is 0 Å². The van der Waals surface area contributed by atoms with Crippen molar-refractivity contribution in [3.63, 3.8) is 0 Å². The van der Waals surface area contributed by atoms with Gasteiger partial charge in [0.1, 0.15) is 24.7 Å². The summed E-state index contributed by atoms with van der Waals surface area (Å²) in [6.07, 6.45) is 19.6. The van der Waals surface area contributed by atoms with E-state index in [1.54, 1.807) is 18.2 Å². The molecule has 1 saturated heterocycles. The second-order valence-electron chi connectivity index (χ2n) is 16.3. The van der Waals surface area contributed by atoms with Gasteiger partial charge in [0, 0.05) is 73.1 Å². The number of halogens is 1. The predicted molar refractivity (Wildman–Crippen MR) is 293 cm³/mol. The van der Waals surface area contributed by atoms with E-state index in [2.05, 4.69) is 18.6 Å². The van der Waals surface area contributed by atoms with Crippen LogP contribution in [-0.4, -0.2) is 159 Å². The number of esters is 2. The number of aliphatic carboxylic acids is 2. The van der Waals surface area contributed by atoms with E-state index in [-0.39, 0.29) is 204 Å². The fraction of sp³-hybridized carbons (Fsp3) is 0.722. The second kappa shape index (κ2) is 91.4. The molecule has 11 N–H and O–H groups in total. The number of aldehydes is 2. The van der Waals surface area contributed by atoms with Crippen LogP contribution in [-0.2, 0) is 65.4 Å². The number of hydrogen-bond acceptors (Lipinski definition) is 22. The second-order valence-corrected chi connectivity index (χ2v) is 16.6. The van der Waals surface area contributed by atoms with Gasteiger partial charge >= 0.3 is 101 Å². The van der Waals surface area contributed by atoms with Crippen LogP contribution in [0.2, 0.25) is 0 Å². The molecular weight excluding hydrogens is 1220 g/mol. The molecule has 0 amide bonds. The molecule has 82 heavy (non-hydrogen) atoms. The van der Waals surface area contributed by atoms with Gasteiger partial charge in [-0.1, -0.05) is 78.6 Å². The molecule has 1 radical (unpaired) electrons. The molecule has 0 bridgehead atoms. The van der Waals surface area contributed by atoms with Gasteiger partial charge in [0.25, 0.3) is 0 Å². The van der Waals surface area contributed by atoms with Crippen molar-refractivity contribution < 1.29 is 223 Å². The van der Waals surface area contributed by atoms with E-state index in [9.17, 15) is 19.2 Å². The number of carbonyl (C=O) groups is 6. The average molecular weight is 1330 g/mol. The Kier molecular flexibility index (Phi) is 125. The standard InChI is InChI=1S/C8H14O4.C8H8O4.2C7H16O2.C7H16O.C6H5ClO2.C6H14O2.2C2H4O2.CH3.3Na.2H2O.Rh.H2/c2*1-6(10)11-5-8-3-2-7(4-9)12-8;1-2-7(9)5-3-4-6-8;1-2-3-4-5-7(9)6-8;1-2-3-4-5-6-7-8;7-3-5-1-2-6(4-8)9-5;7-5-3-1-2-4-6-8;2*1-2(3)4;;;;;;;;/h7-9H,2-5H2,1H3;2-4H,5H2,1H3;2*7-9H,2-6H2,1H3;8H,2-7H2,1H3;1-2,4H,3H2;7-8H,1-6H2;2*1H3,(H,3,4);1H3;;;;2*1H2;;1H/q;;;;;;;;;-1;3*+1;;;;/p-3. The number of carboxylic acid groups (broad SMARTS) is 2. The molecule has 477 valence electrons. The fourth-order valence-electron chi connectivity index (χ4n) is 5.19. The van der Waals surface area contributed by atoms with Crippen LogP contribution in [0.1, 0.15) is 205 Å². The van der Waals surface area contributed by atoms with Gasteiger partial charge in [0.15, 0.2) is 24.1 Å². The van der Waals surface area contributed by atoms with Crippen molar-refractivity contribution in [1.29, 1.82) is 0 Å². The van der Waals surface area contributed by atoms with Crippen molar-refractivity contribution in [1.82, 2.24) is 0 Å². The first-order valence-corrected chi connectivity index (χ1v) is 26.2. The minimum Gasteiger partial charge on any atom is -0.870 e. The normalized spacial score (nSPS) is 12.1. The van der Waals surface area contributed by atoms with Crippen molar-refractivity contribution in [2.45, 2.75) is 207 Å². The Bertz CT molecular complexity index is 1510. The molecule has 0 aromatic carbocycles. The largest absolute Gasteiger partial charge is 1.00 e. The van der Waals surface area contributed by atoms with Crippen LogP contribution >= 0.6 is 11.6 Å². The zero-order chi connectivity index (χ0) is 58.5. The smallest absolute Gasteiger partial charge is 0.870 e. The number of aliphatic hydroxyl groups excluding tert-OH is 8. The SMILES string of the molecule is CC(=O)OCC1CCC(CO)O1.CC(=O)OCc1ccc(C=O)o1.CC(=O)[O-].CC(=O)[O-].CCC(O)CCCCO.CCCCCC(O)CO.CCCCCCCO.O.O=Cc1ccc(CCl)o1.OCCCCCCO.[CH3-].[HH].[Na+].[Na+].[Na+].[OH-].[Rh]. The summed E-state index contributed by atoms with van der Waals surface area (Å²) >= 11 is 5.39. The number of rotatable bonds is 28. The number of hydrogen-bond donors (Lipinski definition) is 8. The van der Waals surface area contributed by atoms with Gasteiger partial charge in [-0.2, -0.15) is 0 Å². The predicted octanol–water partition coefficient (Wildman–Crippen LogP) is -4.39. The number of carboxylic acids is 2. The third-order valence-electron chi connectivity index (χ3n) is 9.11. The maximum Gasteiger partial charge on any atom is 1.00 e. The molecule has 0 saturated carbocycles. The van der Waals surface area contributed by atoms with E-state index in [0.717, 1.165) is 110 Å². The molecule has 1 aliphatic heterocycles. The molecule has 1 aliphatic rings. The summed E-state index contributed by atoms with van der Waals surface area (Å²) < 4.78 is 24.6. The summed E-state index contributed by atoms with van der Waals surface area (Å²) in [4.78, 5) is 58.7. The van der Waals surface area contributed by atoms with Crippen molar-refractivity contribution in [3.8, 4) is 0 Å². The average Bonchev–Trinajstić information content (AvgIpc) is 4.18. The Morgan fingerprint density at radius 3 is 1.29 bits per heavy atom. The summed E-state index contributed by atoms with van der Waals surface area (Å²) in [5.74, 6) is -0.868. The van der Waals surface area contributed by atoms with E-state index in [0.29, 0.717) is 48.9 Å². The van der Waals surface area contributed by atoms with E-state index >= 15 is 0 Å². The maximum atomic E-state index is 10.4. The molecule has 23 nitrogen and oxygen atoms in total. The van der Waals surface area contributed by atoms with Crippen molar-refractivity contribution in [3.05, 3.63) is 54.7 Å². The molecule has 2 aromatic heterocycles. The van der Waals surface area contributed by atoms with Crippen LogP contribution in [0, 0.1) is 7.43 Å². The zero-order valence-corrected chi connectivity index (χ0v) is 59.5. The first-order chi connectivity index (χ1) is 35.7. The van der Waals surface area contributed by atoms with E-state index in [1.165, 1.54) is 45.6 Å². The summed E-state index contributed by atoms with van der Waals surface area (Å²) in [6, 6.07) is 6.37. The van der Waals surface area contributed by atoms with Crippen molar-refractivity contribution in [2.75, 3.05) is 46.2 Å². The van der Waals surface area contributed by atoms with Crippen LogP contribution < -0.4 is 98.9 Å². The molecule has 4 unspecified atom stereocenters. The summed E-state index contributed by atoms with van der Waals surface area (Å²) in [5.41, 5.74) is 0. The Morgan fingerprint density at radius 1 is 0.622 bits per heavy atom. The number of carbonyl (C=O) groups excluding carboxylic acids is 6. The van der Waals surface area contributed by atoms with E-state index < -0.39 is 18.0 Å². The van der Waals surface area contributed by atoms with Crippen LogP contribution in [0.3, 0.4) is 0 Å². The monoisotopic (exact) mass is 1330 g/mol. The Morgan fingerprint density at radius 2 is 0.976 bits per heavy atom. The summed E-state index contributed by atoms with van der Waals surface area (Å²) in [7, 11) is 0. The Balaban J connectivity index is -0.0000000540. The number of aliphatic hydroxyl groups is 8. The molecule has 3 heterocycles. The summed E-state index contributed by atoms with van der Waals surface area (Å²) in [6.45, 7) is 12.4. The number of furan rings is 2. The quantitative estimate of drug-likeness (QED) is 0.00996. The molecule has 3 rings (SSSR count). The maximum absolute atomic E-state index is 10.4. The van der Waals surface area contributed by atoms with Gasteiger partial charge < -0.3 is 102 Å². The van der Waals surface area contributed by atoms with E-state index in [4.69, 9.17) is 90.6 Å². The fourth-order valence-corrected chi connectivity index (χ4v) is 5.34. The Hall–Kier alpha value is -0.747. The molecule has 0 aliphatic carbocycles. The van der Waals surface area contributed by atoms with Crippen LogP contribution in [0.4, 0.5) is 0 Å². The summed E-state index contributed by atoms with van der Waals surface area (Å²) in [5, 5.41) is 86.1. The van der Waals surface area contributed by atoms with Crippen LogP contribution in [0.15, 0.2) is 33.1 Å². The number of ether oxygens (including phenoxy) is 3.